The van der Waals surface area contributed by atoms with Crippen LogP contribution in [0.2, 0.25) is 0 Å². The molecule has 0 aliphatic heterocycles. The Kier molecular flexibility index (Phi) is 5.45. The van der Waals surface area contributed by atoms with Crippen molar-refractivity contribution in [2.75, 3.05) is 13.6 Å². The summed E-state index contributed by atoms with van der Waals surface area (Å²) in [6.07, 6.45) is 2.41. The minimum atomic E-state index is -1.04. The van der Waals surface area contributed by atoms with Crippen LogP contribution in [0.4, 0.5) is 4.39 Å². The molecule has 0 spiro atoms. The molecule has 0 aliphatic carbocycles. The topological polar surface area (TPSA) is 40.5 Å². The van der Waals surface area contributed by atoms with Crippen molar-refractivity contribution in [3.8, 4) is 0 Å². The van der Waals surface area contributed by atoms with E-state index in [0.717, 1.165) is 18.2 Å². The highest BCUT2D eigenvalue weighted by molar-refractivity contribution is 5.85. The van der Waals surface area contributed by atoms with Gasteiger partial charge >= 0.3 is 5.97 Å². The molecule has 3 nitrogen and oxygen atoms in total. The first kappa shape index (κ1) is 16.4. The Hall–Kier alpha value is -1.68. The van der Waals surface area contributed by atoms with E-state index < -0.39 is 5.97 Å². The maximum Gasteiger partial charge on any atom is 0.328 e. The first-order valence-corrected chi connectivity index (χ1v) is 6.55. The molecule has 0 saturated carbocycles. The maximum absolute atomic E-state index is 13.5. The molecular weight excluding hydrogens is 257 g/mol. The van der Waals surface area contributed by atoms with E-state index in [-0.39, 0.29) is 11.2 Å². The third-order valence-corrected chi connectivity index (χ3v) is 2.60. The van der Waals surface area contributed by atoms with E-state index in [4.69, 9.17) is 5.11 Å². The van der Waals surface area contributed by atoms with E-state index in [2.05, 4.69) is 25.7 Å². The van der Waals surface area contributed by atoms with Crippen molar-refractivity contribution in [1.82, 2.24) is 4.90 Å². The van der Waals surface area contributed by atoms with Gasteiger partial charge in [0.25, 0.3) is 0 Å². The van der Waals surface area contributed by atoms with E-state index >= 15 is 0 Å². The van der Waals surface area contributed by atoms with Crippen LogP contribution >= 0.6 is 0 Å². The predicted octanol–water partition coefficient (Wildman–Crippen LogP) is 3.40. The Balaban J connectivity index is 2.83. The second-order valence-corrected chi connectivity index (χ2v) is 6.30. The van der Waals surface area contributed by atoms with E-state index in [9.17, 15) is 9.18 Å². The summed E-state index contributed by atoms with van der Waals surface area (Å²) in [5.74, 6) is -1.39. The zero-order valence-corrected chi connectivity index (χ0v) is 12.5. The molecule has 1 rings (SSSR count). The van der Waals surface area contributed by atoms with Crippen LogP contribution in [-0.2, 0) is 11.3 Å². The monoisotopic (exact) mass is 279 g/mol. The number of rotatable bonds is 5. The third kappa shape index (κ3) is 6.48. The molecule has 0 fully saturated rings. The summed E-state index contributed by atoms with van der Waals surface area (Å²) in [6, 6.07) is 4.62. The van der Waals surface area contributed by atoms with Gasteiger partial charge in [-0.05, 0) is 41.8 Å². The average molecular weight is 279 g/mol. The van der Waals surface area contributed by atoms with Gasteiger partial charge in [0.15, 0.2) is 0 Å². The molecule has 0 aromatic heterocycles. The molecule has 0 aliphatic rings. The van der Waals surface area contributed by atoms with Crippen molar-refractivity contribution in [1.29, 1.82) is 0 Å². The number of carbonyl (C=O) groups is 1. The Morgan fingerprint density at radius 1 is 1.35 bits per heavy atom. The Morgan fingerprint density at radius 2 is 2.00 bits per heavy atom. The first-order chi connectivity index (χ1) is 9.15. The minimum Gasteiger partial charge on any atom is -0.478 e. The van der Waals surface area contributed by atoms with E-state index in [1.807, 2.05) is 13.1 Å². The number of hydrogen-bond donors (Lipinski definition) is 1. The smallest absolute Gasteiger partial charge is 0.328 e. The number of nitrogens with zero attached hydrogens (tertiary/aromatic N) is 1. The van der Waals surface area contributed by atoms with Crippen LogP contribution in [0.1, 0.15) is 31.9 Å². The Labute approximate surface area is 119 Å². The fourth-order valence-corrected chi connectivity index (χ4v) is 2.21. The lowest BCUT2D eigenvalue weighted by molar-refractivity contribution is -0.131. The molecule has 0 saturated heterocycles. The largest absolute Gasteiger partial charge is 0.478 e. The lowest BCUT2D eigenvalue weighted by Gasteiger charge is -2.26. The zero-order chi connectivity index (χ0) is 15.3. The van der Waals surface area contributed by atoms with Gasteiger partial charge in [-0.2, -0.15) is 0 Å². The van der Waals surface area contributed by atoms with Gasteiger partial charge in [-0.25, -0.2) is 9.18 Å². The molecule has 20 heavy (non-hydrogen) atoms. The molecule has 1 aromatic carbocycles. The number of carboxylic acids is 1. The van der Waals surface area contributed by atoms with Gasteiger partial charge in [0.1, 0.15) is 5.82 Å². The SMILES string of the molecule is CN(Cc1cc(F)cc(C=CC(=O)O)c1)CC(C)(C)C. The normalized spacial score (nSPS) is 12.3. The van der Waals surface area contributed by atoms with Crippen LogP contribution in [-0.4, -0.2) is 29.6 Å². The summed E-state index contributed by atoms with van der Waals surface area (Å²) >= 11 is 0. The van der Waals surface area contributed by atoms with E-state index in [1.54, 1.807) is 0 Å². The number of aliphatic carboxylic acids is 1. The Morgan fingerprint density at radius 3 is 2.55 bits per heavy atom. The second-order valence-electron chi connectivity index (χ2n) is 6.30. The van der Waals surface area contributed by atoms with Crippen LogP contribution in [0, 0.1) is 11.2 Å². The number of hydrogen-bond acceptors (Lipinski definition) is 2. The third-order valence-electron chi connectivity index (χ3n) is 2.60. The molecular formula is C16H22FNO2. The molecule has 1 aromatic rings. The highest BCUT2D eigenvalue weighted by atomic mass is 19.1. The zero-order valence-electron chi connectivity index (χ0n) is 12.5. The van der Waals surface area contributed by atoms with Crippen LogP contribution in [0.25, 0.3) is 6.08 Å². The molecule has 0 heterocycles. The van der Waals surface area contributed by atoms with Crippen molar-refractivity contribution in [2.24, 2.45) is 5.41 Å². The van der Waals surface area contributed by atoms with Gasteiger partial charge in [0.05, 0.1) is 0 Å². The lowest BCUT2D eigenvalue weighted by atomic mass is 9.96. The molecule has 110 valence electrons. The van der Waals surface area contributed by atoms with Gasteiger partial charge < -0.3 is 10.0 Å². The number of benzene rings is 1. The van der Waals surface area contributed by atoms with Crippen LogP contribution < -0.4 is 0 Å². The molecule has 0 atom stereocenters. The molecule has 4 heteroatoms. The highest BCUT2D eigenvalue weighted by Gasteiger charge is 2.14. The van der Waals surface area contributed by atoms with E-state index in [0.29, 0.717) is 12.1 Å². The quantitative estimate of drug-likeness (QED) is 0.840. The summed E-state index contributed by atoms with van der Waals surface area (Å²) in [5.41, 5.74) is 1.57. The van der Waals surface area contributed by atoms with Gasteiger partial charge in [0.2, 0.25) is 0 Å². The molecule has 0 bridgehead atoms. The highest BCUT2D eigenvalue weighted by Crippen LogP contribution is 2.17. The molecule has 0 radical (unpaired) electrons. The van der Waals surface area contributed by atoms with Crippen LogP contribution in [0.3, 0.4) is 0 Å². The van der Waals surface area contributed by atoms with Crippen molar-refractivity contribution < 1.29 is 14.3 Å². The Bertz CT molecular complexity index is 504. The summed E-state index contributed by atoms with van der Waals surface area (Å²) < 4.78 is 13.5. The summed E-state index contributed by atoms with van der Waals surface area (Å²) in [7, 11) is 1.99. The fourth-order valence-electron chi connectivity index (χ4n) is 2.21. The van der Waals surface area contributed by atoms with Gasteiger partial charge in [-0.15, -0.1) is 0 Å². The molecule has 1 N–H and O–H groups in total. The van der Waals surface area contributed by atoms with Crippen molar-refractivity contribution in [3.05, 3.63) is 41.2 Å². The first-order valence-electron chi connectivity index (χ1n) is 6.55. The van der Waals surface area contributed by atoms with Gasteiger partial charge in [-0.1, -0.05) is 26.8 Å². The molecule has 0 unspecified atom stereocenters. The predicted molar refractivity (Wildman–Crippen MR) is 78.9 cm³/mol. The summed E-state index contributed by atoms with van der Waals surface area (Å²) in [5, 5.41) is 8.60. The number of halogens is 1. The summed E-state index contributed by atoms with van der Waals surface area (Å²) in [6.45, 7) is 7.97. The second kappa shape index (κ2) is 6.66. The van der Waals surface area contributed by atoms with Crippen LogP contribution in [0.5, 0.6) is 0 Å². The maximum atomic E-state index is 13.5. The van der Waals surface area contributed by atoms with Crippen molar-refractivity contribution in [3.63, 3.8) is 0 Å². The van der Waals surface area contributed by atoms with Gasteiger partial charge in [0, 0.05) is 19.2 Å². The number of carboxylic acid groups (broad SMARTS) is 1. The van der Waals surface area contributed by atoms with Crippen LogP contribution in [0.15, 0.2) is 24.3 Å². The minimum absolute atomic E-state index is 0.175. The van der Waals surface area contributed by atoms with Crippen molar-refractivity contribution >= 4 is 12.0 Å². The molecule has 0 amide bonds. The summed E-state index contributed by atoms with van der Waals surface area (Å²) in [4.78, 5) is 12.6. The average Bonchev–Trinajstić information content (AvgIpc) is 2.22. The lowest BCUT2D eigenvalue weighted by Crippen LogP contribution is -2.28. The standard InChI is InChI=1S/C16H22FNO2/c1-16(2,3)11-18(4)10-13-7-12(5-6-15(19)20)8-14(17)9-13/h5-9H,10-11H2,1-4H3,(H,19,20). The fraction of sp³-hybridized carbons (Fsp3) is 0.438. The van der Waals surface area contributed by atoms with Gasteiger partial charge in [-0.3, -0.25) is 0 Å². The van der Waals surface area contributed by atoms with E-state index in [1.165, 1.54) is 18.2 Å². The van der Waals surface area contributed by atoms with Crippen molar-refractivity contribution in [2.45, 2.75) is 27.3 Å².